The van der Waals surface area contributed by atoms with Crippen LogP contribution in [0.3, 0.4) is 0 Å². The highest BCUT2D eigenvalue weighted by molar-refractivity contribution is 9.11. The highest BCUT2D eigenvalue weighted by atomic mass is 79.9. The topological polar surface area (TPSA) is 29.5 Å². The molecule has 11 heavy (non-hydrogen) atoms. The smallest absolute Gasteiger partial charge is 0.0726 e. The minimum Gasteiger partial charge on any atom is -0.394 e. The number of aliphatic hydroxyl groups is 1. The maximum atomic E-state index is 8.42. The first-order valence-electron chi connectivity index (χ1n) is 3.24. The number of halogens is 1. The summed E-state index contributed by atoms with van der Waals surface area (Å²) < 4.78 is 6.23. The van der Waals surface area contributed by atoms with Gasteiger partial charge in [0.05, 0.1) is 23.6 Å². The summed E-state index contributed by atoms with van der Waals surface area (Å²) in [6.45, 7) is 1.08. The summed E-state index contributed by atoms with van der Waals surface area (Å²) in [6, 6.07) is 2.02. The average Bonchev–Trinajstić information content (AvgIpc) is 2.37. The third-order valence-corrected chi connectivity index (χ3v) is 2.68. The molecule has 1 heterocycles. The van der Waals surface area contributed by atoms with Crippen molar-refractivity contribution in [3.8, 4) is 0 Å². The molecule has 0 spiro atoms. The van der Waals surface area contributed by atoms with E-state index in [1.54, 1.807) is 11.3 Å². The van der Waals surface area contributed by atoms with Crippen LogP contribution in [0.25, 0.3) is 0 Å². The number of hydrogen-bond acceptors (Lipinski definition) is 3. The minimum atomic E-state index is 0.0886. The van der Waals surface area contributed by atoms with E-state index in [0.29, 0.717) is 13.2 Å². The van der Waals surface area contributed by atoms with Crippen LogP contribution in [0.2, 0.25) is 0 Å². The average molecular weight is 237 g/mol. The van der Waals surface area contributed by atoms with E-state index in [0.717, 1.165) is 9.35 Å². The van der Waals surface area contributed by atoms with Crippen LogP contribution >= 0.6 is 27.3 Å². The predicted molar refractivity (Wildman–Crippen MR) is 48.8 cm³/mol. The molecule has 0 bridgehead atoms. The van der Waals surface area contributed by atoms with E-state index in [-0.39, 0.29) is 6.61 Å². The normalized spacial score (nSPS) is 10.4. The van der Waals surface area contributed by atoms with Gasteiger partial charge < -0.3 is 9.84 Å². The molecular formula is C7H9BrO2S. The summed E-state index contributed by atoms with van der Waals surface area (Å²) in [7, 11) is 0. The Morgan fingerprint density at radius 2 is 2.45 bits per heavy atom. The van der Waals surface area contributed by atoms with Crippen LogP contribution in [0, 0.1) is 0 Å². The standard InChI is InChI=1S/C7H9BrO2S/c8-7-3-6(5-11-7)4-10-2-1-9/h3,5,9H,1-2,4H2. The maximum absolute atomic E-state index is 8.42. The molecule has 0 saturated heterocycles. The highest BCUT2D eigenvalue weighted by Gasteiger charge is 1.95. The van der Waals surface area contributed by atoms with Gasteiger partial charge in [0.15, 0.2) is 0 Å². The molecule has 0 aromatic carbocycles. The molecule has 0 atom stereocenters. The van der Waals surface area contributed by atoms with Gasteiger partial charge in [0, 0.05) is 0 Å². The van der Waals surface area contributed by atoms with Crippen LogP contribution in [0.1, 0.15) is 5.56 Å². The molecule has 0 aliphatic carbocycles. The Kier molecular flexibility index (Phi) is 4.07. The zero-order valence-electron chi connectivity index (χ0n) is 5.92. The summed E-state index contributed by atoms with van der Waals surface area (Å²) in [6.07, 6.45) is 0. The van der Waals surface area contributed by atoms with Crippen LogP contribution < -0.4 is 0 Å². The Balaban J connectivity index is 2.27. The fourth-order valence-electron chi connectivity index (χ4n) is 0.676. The lowest BCUT2D eigenvalue weighted by Crippen LogP contribution is -1.97. The van der Waals surface area contributed by atoms with Crippen LogP contribution in [0.4, 0.5) is 0 Å². The first kappa shape index (κ1) is 9.19. The van der Waals surface area contributed by atoms with E-state index < -0.39 is 0 Å². The second kappa shape index (κ2) is 4.87. The molecule has 0 aliphatic heterocycles. The molecule has 0 radical (unpaired) electrons. The Bertz CT molecular complexity index is 212. The van der Waals surface area contributed by atoms with E-state index >= 15 is 0 Å². The first-order valence-corrected chi connectivity index (χ1v) is 4.91. The van der Waals surface area contributed by atoms with Gasteiger partial charge in [-0.1, -0.05) is 0 Å². The zero-order valence-corrected chi connectivity index (χ0v) is 8.32. The monoisotopic (exact) mass is 236 g/mol. The lowest BCUT2D eigenvalue weighted by Gasteiger charge is -1.97. The number of aliphatic hydroxyl groups excluding tert-OH is 1. The second-order valence-electron chi connectivity index (χ2n) is 2.04. The van der Waals surface area contributed by atoms with Crippen molar-refractivity contribution in [2.45, 2.75) is 6.61 Å². The van der Waals surface area contributed by atoms with Gasteiger partial charge in [0.2, 0.25) is 0 Å². The Morgan fingerprint density at radius 1 is 1.64 bits per heavy atom. The first-order chi connectivity index (χ1) is 5.33. The van der Waals surface area contributed by atoms with E-state index in [1.807, 2.05) is 11.4 Å². The third kappa shape index (κ3) is 3.33. The van der Waals surface area contributed by atoms with Crippen molar-refractivity contribution in [1.82, 2.24) is 0 Å². The summed E-state index contributed by atoms with van der Waals surface area (Å²) in [5.41, 5.74) is 1.15. The second-order valence-corrected chi connectivity index (χ2v) is 4.33. The van der Waals surface area contributed by atoms with Gasteiger partial charge in [0.1, 0.15) is 0 Å². The molecule has 1 aromatic rings. The van der Waals surface area contributed by atoms with Crippen molar-refractivity contribution < 1.29 is 9.84 Å². The lowest BCUT2D eigenvalue weighted by molar-refractivity contribution is 0.0817. The van der Waals surface area contributed by atoms with Gasteiger partial charge in [-0.2, -0.15) is 0 Å². The molecule has 62 valence electrons. The Hall–Kier alpha value is 0.100. The van der Waals surface area contributed by atoms with Crippen LogP contribution in [-0.2, 0) is 11.3 Å². The van der Waals surface area contributed by atoms with E-state index in [1.165, 1.54) is 0 Å². The lowest BCUT2D eigenvalue weighted by atomic mass is 10.4. The molecule has 0 amide bonds. The van der Waals surface area contributed by atoms with Crippen molar-refractivity contribution in [2.24, 2.45) is 0 Å². The highest BCUT2D eigenvalue weighted by Crippen LogP contribution is 2.20. The largest absolute Gasteiger partial charge is 0.394 e. The SMILES string of the molecule is OCCOCc1csc(Br)c1. The van der Waals surface area contributed by atoms with Crippen LogP contribution in [0.15, 0.2) is 15.2 Å². The van der Waals surface area contributed by atoms with Crippen molar-refractivity contribution in [1.29, 1.82) is 0 Å². The fourth-order valence-corrected chi connectivity index (χ4v) is 1.87. The minimum absolute atomic E-state index is 0.0886. The molecule has 0 saturated carbocycles. The number of thiophene rings is 1. The fraction of sp³-hybridized carbons (Fsp3) is 0.429. The van der Waals surface area contributed by atoms with Crippen LogP contribution in [0.5, 0.6) is 0 Å². The van der Waals surface area contributed by atoms with Crippen molar-refractivity contribution in [3.63, 3.8) is 0 Å². The number of hydrogen-bond donors (Lipinski definition) is 1. The van der Waals surface area contributed by atoms with E-state index in [4.69, 9.17) is 9.84 Å². The predicted octanol–water partition coefficient (Wildman–Crippen LogP) is 2.02. The summed E-state index contributed by atoms with van der Waals surface area (Å²) >= 11 is 4.99. The molecular weight excluding hydrogens is 228 g/mol. The van der Waals surface area contributed by atoms with Gasteiger partial charge in [-0.3, -0.25) is 0 Å². The maximum Gasteiger partial charge on any atom is 0.0726 e. The molecule has 0 unspecified atom stereocenters. The zero-order chi connectivity index (χ0) is 8.10. The summed E-state index contributed by atoms with van der Waals surface area (Å²) in [5, 5.41) is 10.4. The third-order valence-electron chi connectivity index (χ3n) is 1.13. The van der Waals surface area contributed by atoms with Gasteiger partial charge in [0.25, 0.3) is 0 Å². The van der Waals surface area contributed by atoms with Gasteiger partial charge in [-0.25, -0.2) is 0 Å². The van der Waals surface area contributed by atoms with Crippen LogP contribution in [-0.4, -0.2) is 18.3 Å². The van der Waals surface area contributed by atoms with Crippen molar-refractivity contribution in [3.05, 3.63) is 20.8 Å². The van der Waals surface area contributed by atoms with Gasteiger partial charge >= 0.3 is 0 Å². The molecule has 0 fully saturated rings. The molecule has 1 aromatic heterocycles. The summed E-state index contributed by atoms with van der Waals surface area (Å²) in [5.74, 6) is 0. The van der Waals surface area contributed by atoms with Crippen molar-refractivity contribution in [2.75, 3.05) is 13.2 Å². The molecule has 2 nitrogen and oxygen atoms in total. The quantitative estimate of drug-likeness (QED) is 0.812. The molecule has 1 N–H and O–H groups in total. The Morgan fingerprint density at radius 3 is 3.00 bits per heavy atom. The van der Waals surface area contributed by atoms with E-state index in [9.17, 15) is 0 Å². The van der Waals surface area contributed by atoms with Gasteiger partial charge in [-0.15, -0.1) is 11.3 Å². The number of rotatable bonds is 4. The van der Waals surface area contributed by atoms with Crippen molar-refractivity contribution >= 4 is 27.3 Å². The molecule has 4 heteroatoms. The summed E-state index contributed by atoms with van der Waals surface area (Å²) in [4.78, 5) is 0. The molecule has 0 aliphatic rings. The molecule has 1 rings (SSSR count). The van der Waals surface area contributed by atoms with E-state index in [2.05, 4.69) is 15.9 Å². The Labute approximate surface area is 77.9 Å². The van der Waals surface area contributed by atoms with Gasteiger partial charge in [-0.05, 0) is 32.9 Å². The number of ether oxygens (including phenoxy) is 1.